The first-order valence-electron chi connectivity index (χ1n) is 16.3. The summed E-state index contributed by atoms with van der Waals surface area (Å²) in [5.74, 6) is 1.83. The summed E-state index contributed by atoms with van der Waals surface area (Å²) in [5.41, 5.74) is 8.83. The number of fused-ring (bicyclic) bond motifs is 3. The van der Waals surface area contributed by atoms with Gasteiger partial charge < -0.3 is 0 Å². The van der Waals surface area contributed by atoms with E-state index in [1.165, 1.54) is 0 Å². The molecule has 0 atom stereocenters. The van der Waals surface area contributed by atoms with Crippen molar-refractivity contribution in [2.24, 2.45) is 0 Å². The minimum Gasteiger partial charge on any atom is -0.232 e. The van der Waals surface area contributed by atoms with Gasteiger partial charge in [-0.2, -0.15) is 5.10 Å². The Hall–Kier alpha value is -6.72. The summed E-state index contributed by atoms with van der Waals surface area (Å²) in [5, 5.41) is 8.82. The molecule has 0 aliphatic heterocycles. The summed E-state index contributed by atoms with van der Waals surface area (Å²) in [7, 11) is 0. The highest BCUT2D eigenvalue weighted by Gasteiger charge is 2.24. The van der Waals surface area contributed by atoms with Gasteiger partial charge in [-0.3, -0.25) is 0 Å². The molecule has 0 bridgehead atoms. The van der Waals surface area contributed by atoms with Crippen molar-refractivity contribution < 1.29 is 0 Å². The van der Waals surface area contributed by atoms with E-state index in [1.54, 1.807) is 0 Å². The molecule has 2 heterocycles. The molecule has 0 aliphatic carbocycles. The van der Waals surface area contributed by atoms with Crippen LogP contribution in [-0.4, -0.2) is 24.7 Å². The molecule has 0 unspecified atom stereocenters. The lowest BCUT2D eigenvalue weighted by atomic mass is 9.92. The van der Waals surface area contributed by atoms with E-state index < -0.39 is 0 Å². The molecule has 0 N–H and O–H groups in total. The summed E-state index contributed by atoms with van der Waals surface area (Å²) in [6, 6.07) is 60.3. The Balaban J connectivity index is 1.37. The maximum Gasteiger partial charge on any atom is 0.164 e. The molecule has 9 rings (SSSR count). The Morgan fingerprint density at radius 1 is 0.388 bits per heavy atom. The molecular weight excluding hydrogens is 599 g/mol. The molecule has 0 spiro atoms. The third-order valence-corrected chi connectivity index (χ3v) is 8.88. The first kappa shape index (κ1) is 28.5. The summed E-state index contributed by atoms with van der Waals surface area (Å²) in [6.07, 6.45) is 0. The molecule has 9 aromatic rings. The van der Waals surface area contributed by atoms with Crippen molar-refractivity contribution in [3.05, 3.63) is 176 Å². The molecule has 7 aromatic carbocycles. The van der Waals surface area contributed by atoms with E-state index in [0.29, 0.717) is 17.5 Å². The maximum atomic E-state index is 5.46. The monoisotopic (exact) mass is 627 g/mol. The average Bonchev–Trinajstić information content (AvgIpc) is 3.60. The topological polar surface area (TPSA) is 56.5 Å². The van der Waals surface area contributed by atoms with Gasteiger partial charge >= 0.3 is 0 Å². The van der Waals surface area contributed by atoms with Crippen molar-refractivity contribution in [3.63, 3.8) is 0 Å². The van der Waals surface area contributed by atoms with E-state index in [0.717, 1.165) is 66.4 Å². The second-order valence-electron chi connectivity index (χ2n) is 11.9. The third kappa shape index (κ3) is 5.14. The molecule has 0 saturated carbocycles. The lowest BCUT2D eigenvalue weighted by Crippen LogP contribution is -2.01. The molecule has 0 radical (unpaired) electrons. The third-order valence-electron chi connectivity index (χ3n) is 8.88. The SMILES string of the molecule is c1ccc(-c2nc(-c3ccccc3)nc(-c3ccccc3-c3nn(-c4ccccc4)c4c3c(-c3ccccc3)cc3ccccc34)n2)cc1. The number of rotatable bonds is 6. The summed E-state index contributed by atoms with van der Waals surface area (Å²) in [4.78, 5) is 15.2. The fraction of sp³-hybridized carbons (Fsp3) is 0. The zero-order chi connectivity index (χ0) is 32.6. The van der Waals surface area contributed by atoms with Gasteiger partial charge in [-0.25, -0.2) is 19.6 Å². The summed E-state index contributed by atoms with van der Waals surface area (Å²) >= 11 is 0. The number of hydrogen-bond acceptors (Lipinski definition) is 4. The van der Waals surface area contributed by atoms with E-state index in [4.69, 9.17) is 20.1 Å². The van der Waals surface area contributed by atoms with Gasteiger partial charge in [0.2, 0.25) is 0 Å². The Morgan fingerprint density at radius 2 is 0.878 bits per heavy atom. The van der Waals surface area contributed by atoms with Crippen LogP contribution in [0.25, 0.3) is 83.9 Å². The fourth-order valence-corrected chi connectivity index (χ4v) is 6.59. The molecule has 0 fully saturated rings. The van der Waals surface area contributed by atoms with E-state index >= 15 is 0 Å². The Labute approximate surface area is 283 Å². The first-order chi connectivity index (χ1) is 24.3. The van der Waals surface area contributed by atoms with Gasteiger partial charge in [0.25, 0.3) is 0 Å². The average molecular weight is 628 g/mol. The second kappa shape index (κ2) is 12.1. The van der Waals surface area contributed by atoms with Crippen LogP contribution >= 0.6 is 0 Å². The molecular formula is C44H29N5. The minimum atomic E-state index is 0.591. The molecule has 230 valence electrons. The zero-order valence-electron chi connectivity index (χ0n) is 26.5. The van der Waals surface area contributed by atoms with Crippen LogP contribution in [0.15, 0.2) is 176 Å². The highest BCUT2D eigenvalue weighted by atomic mass is 15.3. The zero-order valence-corrected chi connectivity index (χ0v) is 26.5. The van der Waals surface area contributed by atoms with Crippen molar-refractivity contribution in [2.75, 3.05) is 0 Å². The number of hydrogen-bond donors (Lipinski definition) is 0. The van der Waals surface area contributed by atoms with E-state index in [-0.39, 0.29) is 0 Å². The van der Waals surface area contributed by atoms with Gasteiger partial charge in [0.1, 0.15) is 5.69 Å². The van der Waals surface area contributed by atoms with E-state index in [9.17, 15) is 0 Å². The number of nitrogens with zero attached hydrogens (tertiary/aromatic N) is 5. The van der Waals surface area contributed by atoms with Gasteiger partial charge in [-0.15, -0.1) is 0 Å². The van der Waals surface area contributed by atoms with Crippen LogP contribution in [-0.2, 0) is 0 Å². The normalized spacial score (nSPS) is 11.3. The van der Waals surface area contributed by atoms with Gasteiger partial charge in [-0.1, -0.05) is 158 Å². The smallest absolute Gasteiger partial charge is 0.164 e. The lowest BCUT2D eigenvalue weighted by Gasteiger charge is -2.13. The standard InChI is InChI=1S/C44H29N5/c1-5-17-30(18-6-1)38-29-33-23-13-14-26-35(33)41-39(38)40(48-49(41)34-24-11-4-12-25-34)36-27-15-16-28-37(36)44-46-42(31-19-7-2-8-20-31)45-43(47-44)32-21-9-3-10-22-32/h1-29H. The van der Waals surface area contributed by atoms with Crippen molar-refractivity contribution in [2.45, 2.75) is 0 Å². The molecule has 5 nitrogen and oxygen atoms in total. The highest BCUT2D eigenvalue weighted by molar-refractivity contribution is 6.17. The molecule has 0 aliphatic rings. The molecule has 0 amide bonds. The van der Waals surface area contributed by atoms with Crippen LogP contribution in [0.2, 0.25) is 0 Å². The molecule has 0 saturated heterocycles. The summed E-state index contributed by atoms with van der Waals surface area (Å²) in [6.45, 7) is 0. The van der Waals surface area contributed by atoms with Crippen LogP contribution in [0.4, 0.5) is 0 Å². The fourth-order valence-electron chi connectivity index (χ4n) is 6.59. The van der Waals surface area contributed by atoms with Crippen LogP contribution in [0.1, 0.15) is 0 Å². The van der Waals surface area contributed by atoms with Crippen molar-refractivity contribution in [1.29, 1.82) is 0 Å². The minimum absolute atomic E-state index is 0.591. The molecule has 2 aromatic heterocycles. The number of para-hydroxylation sites is 1. The quantitative estimate of drug-likeness (QED) is 0.184. The first-order valence-corrected chi connectivity index (χ1v) is 16.3. The molecule has 49 heavy (non-hydrogen) atoms. The predicted molar refractivity (Wildman–Crippen MR) is 199 cm³/mol. The predicted octanol–water partition coefficient (Wildman–Crippen LogP) is 10.7. The Kier molecular flexibility index (Phi) is 7.06. The van der Waals surface area contributed by atoms with Gasteiger partial charge in [0.15, 0.2) is 17.5 Å². The largest absolute Gasteiger partial charge is 0.232 e. The van der Waals surface area contributed by atoms with Crippen LogP contribution in [0.5, 0.6) is 0 Å². The molecule has 5 heteroatoms. The maximum absolute atomic E-state index is 5.46. The lowest BCUT2D eigenvalue weighted by molar-refractivity contribution is 0.917. The van der Waals surface area contributed by atoms with Gasteiger partial charge in [0.05, 0.1) is 11.2 Å². The van der Waals surface area contributed by atoms with E-state index in [2.05, 4.69) is 108 Å². The van der Waals surface area contributed by atoms with Crippen LogP contribution in [0.3, 0.4) is 0 Å². The van der Waals surface area contributed by atoms with Crippen molar-refractivity contribution >= 4 is 21.7 Å². The highest BCUT2D eigenvalue weighted by Crippen LogP contribution is 2.43. The van der Waals surface area contributed by atoms with Crippen LogP contribution in [0, 0.1) is 0 Å². The Morgan fingerprint density at radius 3 is 1.51 bits per heavy atom. The van der Waals surface area contributed by atoms with Crippen molar-refractivity contribution in [1.82, 2.24) is 24.7 Å². The number of benzene rings is 7. The Bertz CT molecular complexity index is 2520. The van der Waals surface area contributed by atoms with Crippen LogP contribution < -0.4 is 0 Å². The second-order valence-corrected chi connectivity index (χ2v) is 11.9. The van der Waals surface area contributed by atoms with E-state index in [1.807, 2.05) is 72.8 Å². The van der Waals surface area contributed by atoms with Crippen molar-refractivity contribution in [3.8, 4) is 62.2 Å². The van der Waals surface area contributed by atoms with Gasteiger partial charge in [-0.05, 0) is 34.7 Å². The summed E-state index contributed by atoms with van der Waals surface area (Å²) < 4.78 is 2.09. The number of aromatic nitrogens is 5. The van der Waals surface area contributed by atoms with Gasteiger partial charge in [0, 0.05) is 33.0 Å².